The molecule has 0 bridgehead atoms. The van der Waals surface area contributed by atoms with E-state index in [1.165, 1.54) is 0 Å². The lowest BCUT2D eigenvalue weighted by molar-refractivity contribution is 0.0692. The standard InChI is InChI=1S/C19H20N4O3/c1-12(2)11-26-15-8-6-14(7-9-15)21-22-18-16(19(24)25)20-17-13(3)5-4-10-23(17)18/h4-10,12H,11H2,1-3H3,(H,24,25). The number of fused-ring (bicyclic) bond motifs is 1. The fraction of sp³-hybridized carbons (Fsp3) is 0.263. The van der Waals surface area contributed by atoms with Gasteiger partial charge in [-0.25, -0.2) is 9.78 Å². The van der Waals surface area contributed by atoms with Crippen molar-refractivity contribution in [2.45, 2.75) is 20.8 Å². The first-order valence-electron chi connectivity index (χ1n) is 8.31. The van der Waals surface area contributed by atoms with Crippen molar-refractivity contribution in [3.63, 3.8) is 0 Å². The van der Waals surface area contributed by atoms with Gasteiger partial charge in [0.15, 0.2) is 11.5 Å². The second kappa shape index (κ2) is 7.35. The number of pyridine rings is 1. The molecule has 134 valence electrons. The Balaban J connectivity index is 1.89. The molecule has 0 saturated heterocycles. The molecule has 7 heteroatoms. The normalized spacial score (nSPS) is 11.5. The molecule has 0 unspecified atom stereocenters. The summed E-state index contributed by atoms with van der Waals surface area (Å²) >= 11 is 0. The summed E-state index contributed by atoms with van der Waals surface area (Å²) in [6.07, 6.45) is 1.72. The first kappa shape index (κ1) is 17.6. The van der Waals surface area contributed by atoms with Crippen molar-refractivity contribution >= 4 is 23.1 Å². The van der Waals surface area contributed by atoms with Gasteiger partial charge in [-0.3, -0.25) is 4.40 Å². The zero-order valence-corrected chi connectivity index (χ0v) is 14.9. The van der Waals surface area contributed by atoms with Gasteiger partial charge >= 0.3 is 5.97 Å². The molecule has 3 rings (SSSR count). The van der Waals surface area contributed by atoms with Gasteiger partial charge in [0.05, 0.1) is 12.3 Å². The van der Waals surface area contributed by atoms with E-state index in [4.69, 9.17) is 4.74 Å². The van der Waals surface area contributed by atoms with E-state index in [2.05, 4.69) is 29.1 Å². The molecule has 2 heterocycles. The molecule has 0 amide bonds. The summed E-state index contributed by atoms with van der Waals surface area (Å²) in [5, 5.41) is 17.7. The van der Waals surface area contributed by atoms with Gasteiger partial charge in [0.25, 0.3) is 0 Å². The highest BCUT2D eigenvalue weighted by Gasteiger charge is 2.19. The number of rotatable bonds is 6. The molecule has 0 aliphatic rings. The van der Waals surface area contributed by atoms with Crippen LogP contribution < -0.4 is 4.74 Å². The Morgan fingerprint density at radius 3 is 2.62 bits per heavy atom. The van der Waals surface area contributed by atoms with Crippen molar-refractivity contribution in [2.75, 3.05) is 6.61 Å². The van der Waals surface area contributed by atoms with Gasteiger partial charge in [-0.2, -0.15) is 0 Å². The van der Waals surface area contributed by atoms with Crippen LogP contribution in [0.2, 0.25) is 0 Å². The summed E-state index contributed by atoms with van der Waals surface area (Å²) in [6.45, 7) is 6.68. The number of azo groups is 1. The van der Waals surface area contributed by atoms with E-state index in [0.29, 0.717) is 23.9 Å². The quantitative estimate of drug-likeness (QED) is 0.646. The van der Waals surface area contributed by atoms with Gasteiger partial charge in [-0.05, 0) is 48.7 Å². The number of benzene rings is 1. The van der Waals surface area contributed by atoms with Gasteiger partial charge < -0.3 is 9.84 Å². The fourth-order valence-corrected chi connectivity index (χ4v) is 2.41. The summed E-state index contributed by atoms with van der Waals surface area (Å²) < 4.78 is 7.26. The largest absolute Gasteiger partial charge is 0.493 e. The van der Waals surface area contributed by atoms with E-state index in [1.807, 2.05) is 31.2 Å². The third kappa shape index (κ3) is 3.72. The van der Waals surface area contributed by atoms with Crippen LogP contribution in [0, 0.1) is 12.8 Å². The van der Waals surface area contributed by atoms with Crippen LogP contribution in [0.3, 0.4) is 0 Å². The predicted molar refractivity (Wildman–Crippen MR) is 97.8 cm³/mol. The van der Waals surface area contributed by atoms with Gasteiger partial charge in [-0.15, -0.1) is 10.2 Å². The number of aromatic carboxylic acids is 1. The van der Waals surface area contributed by atoms with Crippen molar-refractivity contribution < 1.29 is 14.6 Å². The molecule has 0 aliphatic heterocycles. The molecule has 0 spiro atoms. The Morgan fingerprint density at radius 2 is 1.96 bits per heavy atom. The van der Waals surface area contributed by atoms with Crippen LogP contribution in [0.1, 0.15) is 29.9 Å². The van der Waals surface area contributed by atoms with E-state index in [1.54, 1.807) is 22.7 Å². The predicted octanol–water partition coefficient (Wildman–Crippen LogP) is 4.79. The number of imidazole rings is 1. The molecule has 2 aromatic heterocycles. The second-order valence-corrected chi connectivity index (χ2v) is 6.37. The SMILES string of the molecule is Cc1cccn2c(N=Nc3ccc(OCC(C)C)cc3)c(C(=O)O)nc12. The van der Waals surface area contributed by atoms with Crippen molar-refractivity contribution in [3.8, 4) is 5.75 Å². The zero-order valence-electron chi connectivity index (χ0n) is 14.9. The molecule has 0 saturated carbocycles. The number of carboxylic acids is 1. The lowest BCUT2D eigenvalue weighted by atomic mass is 10.2. The third-order valence-electron chi connectivity index (χ3n) is 3.70. The van der Waals surface area contributed by atoms with E-state index in [0.717, 1.165) is 11.3 Å². The Morgan fingerprint density at radius 1 is 1.23 bits per heavy atom. The molecule has 0 atom stereocenters. The van der Waals surface area contributed by atoms with Crippen molar-refractivity contribution in [3.05, 3.63) is 53.9 Å². The van der Waals surface area contributed by atoms with Crippen LogP contribution in [0.15, 0.2) is 52.8 Å². The van der Waals surface area contributed by atoms with Crippen LogP contribution in [0.25, 0.3) is 5.65 Å². The molecule has 26 heavy (non-hydrogen) atoms. The first-order valence-corrected chi connectivity index (χ1v) is 8.31. The van der Waals surface area contributed by atoms with Crippen molar-refractivity contribution in [1.29, 1.82) is 0 Å². The van der Waals surface area contributed by atoms with Gasteiger partial charge in [0, 0.05) is 6.20 Å². The highest BCUT2D eigenvalue weighted by molar-refractivity contribution is 5.92. The van der Waals surface area contributed by atoms with Gasteiger partial charge in [0.2, 0.25) is 0 Å². The maximum atomic E-state index is 11.5. The van der Waals surface area contributed by atoms with E-state index in [-0.39, 0.29) is 11.5 Å². The number of hydrogen-bond donors (Lipinski definition) is 1. The summed E-state index contributed by atoms with van der Waals surface area (Å²) in [5.74, 6) is 0.257. The van der Waals surface area contributed by atoms with Crippen LogP contribution in [-0.4, -0.2) is 27.1 Å². The van der Waals surface area contributed by atoms with Crippen LogP contribution in [-0.2, 0) is 0 Å². The molecule has 1 aromatic carbocycles. The number of aromatic nitrogens is 2. The molecule has 7 nitrogen and oxygen atoms in total. The minimum Gasteiger partial charge on any atom is -0.493 e. The Labute approximate surface area is 151 Å². The number of aryl methyl sites for hydroxylation is 1. The molecular weight excluding hydrogens is 332 g/mol. The van der Waals surface area contributed by atoms with Crippen LogP contribution in [0.4, 0.5) is 11.5 Å². The number of carbonyl (C=O) groups is 1. The highest BCUT2D eigenvalue weighted by atomic mass is 16.5. The Bertz CT molecular complexity index is 959. The number of hydrogen-bond acceptors (Lipinski definition) is 5. The van der Waals surface area contributed by atoms with Crippen molar-refractivity contribution in [1.82, 2.24) is 9.38 Å². The van der Waals surface area contributed by atoms with Gasteiger partial charge in [-0.1, -0.05) is 19.9 Å². The Hall–Kier alpha value is -3.22. The minimum absolute atomic E-state index is 0.125. The number of ether oxygens (including phenoxy) is 1. The highest BCUT2D eigenvalue weighted by Crippen LogP contribution is 2.26. The first-order chi connectivity index (χ1) is 12.5. The summed E-state index contributed by atoms with van der Waals surface area (Å²) in [5.41, 5.74) is 1.89. The minimum atomic E-state index is -1.14. The maximum absolute atomic E-state index is 11.5. The average Bonchev–Trinajstić information content (AvgIpc) is 2.99. The fourth-order valence-electron chi connectivity index (χ4n) is 2.41. The summed E-state index contributed by atoms with van der Waals surface area (Å²) in [6, 6.07) is 10.9. The topological polar surface area (TPSA) is 88.5 Å². The summed E-state index contributed by atoms with van der Waals surface area (Å²) in [4.78, 5) is 15.7. The zero-order chi connectivity index (χ0) is 18.7. The second-order valence-electron chi connectivity index (χ2n) is 6.37. The third-order valence-corrected chi connectivity index (χ3v) is 3.70. The smallest absolute Gasteiger partial charge is 0.358 e. The van der Waals surface area contributed by atoms with Crippen LogP contribution in [0.5, 0.6) is 5.75 Å². The molecule has 1 N–H and O–H groups in total. The monoisotopic (exact) mass is 352 g/mol. The van der Waals surface area contributed by atoms with Gasteiger partial charge in [0.1, 0.15) is 11.4 Å². The molecule has 0 aliphatic carbocycles. The number of carboxylic acid groups (broad SMARTS) is 1. The van der Waals surface area contributed by atoms with E-state index < -0.39 is 5.97 Å². The Kier molecular flexibility index (Phi) is 4.97. The van der Waals surface area contributed by atoms with E-state index in [9.17, 15) is 9.90 Å². The number of nitrogens with zero attached hydrogens (tertiary/aromatic N) is 4. The maximum Gasteiger partial charge on any atom is 0.358 e. The molecule has 0 fully saturated rings. The molecule has 0 radical (unpaired) electrons. The average molecular weight is 352 g/mol. The lowest BCUT2D eigenvalue weighted by Crippen LogP contribution is -2.03. The molecular formula is C19H20N4O3. The van der Waals surface area contributed by atoms with Crippen molar-refractivity contribution in [2.24, 2.45) is 16.1 Å². The van der Waals surface area contributed by atoms with E-state index >= 15 is 0 Å². The summed E-state index contributed by atoms with van der Waals surface area (Å²) in [7, 11) is 0. The van der Waals surface area contributed by atoms with Crippen LogP contribution >= 0.6 is 0 Å². The molecule has 3 aromatic rings. The lowest BCUT2D eigenvalue weighted by Gasteiger charge is -2.08.